The lowest BCUT2D eigenvalue weighted by molar-refractivity contribution is -0.274. The number of benzene rings is 2. The van der Waals surface area contributed by atoms with Gasteiger partial charge in [-0.05, 0) is 69.0 Å². The molecule has 1 saturated heterocycles. The van der Waals surface area contributed by atoms with Gasteiger partial charge in [-0.25, -0.2) is 8.78 Å². The van der Waals surface area contributed by atoms with Crippen molar-refractivity contribution >= 4 is 0 Å². The Balaban J connectivity index is 1.72. The molecule has 9 heteroatoms. The third-order valence-electron chi connectivity index (χ3n) is 6.30. The van der Waals surface area contributed by atoms with Gasteiger partial charge in [0.25, 0.3) is 0 Å². The van der Waals surface area contributed by atoms with Crippen LogP contribution in [0.3, 0.4) is 0 Å². The Morgan fingerprint density at radius 1 is 1.11 bits per heavy atom. The molecule has 194 valence electrons. The Kier molecular flexibility index (Phi) is 10.2. The van der Waals surface area contributed by atoms with E-state index in [1.165, 1.54) is 25.3 Å². The van der Waals surface area contributed by atoms with E-state index < -0.39 is 19.2 Å². The van der Waals surface area contributed by atoms with Crippen molar-refractivity contribution in [2.45, 2.75) is 63.3 Å². The molecular formula is C26H33F5N2O2. The summed E-state index contributed by atoms with van der Waals surface area (Å²) >= 11 is 0. The summed E-state index contributed by atoms with van der Waals surface area (Å²) in [5.74, 6) is 0.184. The molecule has 0 aromatic heterocycles. The highest BCUT2D eigenvalue weighted by Gasteiger charge is 2.33. The second kappa shape index (κ2) is 13.1. The van der Waals surface area contributed by atoms with Crippen LogP contribution in [0.2, 0.25) is 0 Å². The first-order chi connectivity index (χ1) is 16.8. The second-order valence-corrected chi connectivity index (χ2v) is 8.79. The van der Waals surface area contributed by atoms with Gasteiger partial charge in [0.1, 0.15) is 24.3 Å². The van der Waals surface area contributed by atoms with E-state index >= 15 is 0 Å². The average molecular weight is 501 g/mol. The SMILES string of the molecule is COc1ccc(OC(F)(F)F)cc1CNC1CCCN(CCCCC(F)CF)C1c1ccccc1. The number of piperidine rings is 1. The first-order valence-corrected chi connectivity index (χ1v) is 12.0. The van der Waals surface area contributed by atoms with Crippen molar-refractivity contribution in [3.63, 3.8) is 0 Å². The minimum Gasteiger partial charge on any atom is -0.496 e. The van der Waals surface area contributed by atoms with Gasteiger partial charge in [0, 0.05) is 18.2 Å². The summed E-state index contributed by atoms with van der Waals surface area (Å²) in [6, 6.07) is 14.2. The van der Waals surface area contributed by atoms with E-state index in [9.17, 15) is 22.0 Å². The van der Waals surface area contributed by atoms with Gasteiger partial charge in [-0.2, -0.15) is 0 Å². The number of methoxy groups -OCH3 is 1. The Hall–Kier alpha value is -2.39. The van der Waals surface area contributed by atoms with Gasteiger partial charge in [-0.15, -0.1) is 13.2 Å². The Morgan fingerprint density at radius 3 is 2.57 bits per heavy atom. The summed E-state index contributed by atoms with van der Waals surface area (Å²) in [6.45, 7) is 1.01. The average Bonchev–Trinajstić information content (AvgIpc) is 2.84. The highest BCUT2D eigenvalue weighted by molar-refractivity contribution is 5.40. The lowest BCUT2D eigenvalue weighted by Crippen LogP contribution is -2.48. The molecule has 1 aliphatic heterocycles. The number of halogens is 5. The normalized spacial score (nSPS) is 19.9. The first-order valence-electron chi connectivity index (χ1n) is 12.0. The van der Waals surface area contributed by atoms with E-state index in [0.717, 1.165) is 37.9 Å². The third-order valence-corrected chi connectivity index (χ3v) is 6.30. The molecular weight excluding hydrogens is 467 g/mol. The summed E-state index contributed by atoms with van der Waals surface area (Å²) in [5, 5.41) is 3.53. The van der Waals surface area contributed by atoms with Crippen molar-refractivity contribution in [3.8, 4) is 11.5 Å². The van der Waals surface area contributed by atoms with Gasteiger partial charge in [0.05, 0.1) is 13.2 Å². The standard InChI is InChI=1S/C26H33F5N2O2/c1-34-24-13-12-22(35-26(29,30)31)16-20(24)18-32-23-11-7-15-33(14-6-5-10-21(28)17-27)25(23)19-8-3-2-4-9-19/h2-4,8-9,12-13,16,21,23,25,32H,5-7,10-11,14-15,17-18H2,1H3. The highest BCUT2D eigenvalue weighted by atomic mass is 19.4. The molecule has 4 nitrogen and oxygen atoms in total. The molecule has 1 aliphatic rings. The second-order valence-electron chi connectivity index (χ2n) is 8.79. The van der Waals surface area contributed by atoms with Crippen molar-refractivity contribution in [1.82, 2.24) is 10.2 Å². The van der Waals surface area contributed by atoms with Gasteiger partial charge >= 0.3 is 6.36 Å². The Morgan fingerprint density at radius 2 is 1.89 bits per heavy atom. The zero-order valence-corrected chi connectivity index (χ0v) is 19.9. The molecule has 0 spiro atoms. The highest BCUT2D eigenvalue weighted by Crippen LogP contribution is 2.33. The van der Waals surface area contributed by atoms with E-state index in [1.807, 2.05) is 18.2 Å². The van der Waals surface area contributed by atoms with Crippen LogP contribution < -0.4 is 14.8 Å². The lowest BCUT2D eigenvalue weighted by atomic mass is 9.89. The van der Waals surface area contributed by atoms with Crippen LogP contribution in [-0.4, -0.2) is 50.3 Å². The van der Waals surface area contributed by atoms with Crippen molar-refractivity contribution in [1.29, 1.82) is 0 Å². The van der Waals surface area contributed by atoms with Crippen LogP contribution in [0.25, 0.3) is 0 Å². The van der Waals surface area contributed by atoms with Crippen LogP contribution in [-0.2, 0) is 6.54 Å². The van der Waals surface area contributed by atoms with E-state index in [2.05, 4.69) is 27.1 Å². The lowest BCUT2D eigenvalue weighted by Gasteiger charge is -2.42. The van der Waals surface area contributed by atoms with Crippen molar-refractivity contribution in [2.75, 3.05) is 26.9 Å². The number of nitrogens with zero attached hydrogens (tertiary/aromatic N) is 1. The molecule has 3 rings (SSSR count). The van der Waals surface area contributed by atoms with Crippen LogP contribution in [0, 0.1) is 0 Å². The van der Waals surface area contributed by atoms with Crippen molar-refractivity contribution < 1.29 is 31.4 Å². The number of hydrogen-bond acceptors (Lipinski definition) is 4. The molecule has 0 saturated carbocycles. The summed E-state index contributed by atoms with van der Waals surface area (Å²) < 4.78 is 73.2. The molecule has 1 heterocycles. The monoisotopic (exact) mass is 500 g/mol. The minimum absolute atomic E-state index is 0.0443. The molecule has 3 atom stereocenters. The zero-order valence-electron chi connectivity index (χ0n) is 19.9. The van der Waals surface area contributed by atoms with Crippen molar-refractivity contribution in [2.24, 2.45) is 0 Å². The fourth-order valence-corrected chi connectivity index (χ4v) is 4.71. The van der Waals surface area contributed by atoms with Gasteiger partial charge in [0.15, 0.2) is 0 Å². The fourth-order valence-electron chi connectivity index (χ4n) is 4.71. The van der Waals surface area contributed by atoms with Gasteiger partial charge in [-0.1, -0.05) is 30.3 Å². The molecule has 0 aliphatic carbocycles. The van der Waals surface area contributed by atoms with Crippen molar-refractivity contribution in [3.05, 3.63) is 59.7 Å². The number of unbranched alkanes of at least 4 members (excludes halogenated alkanes) is 1. The number of ether oxygens (including phenoxy) is 2. The molecule has 1 N–H and O–H groups in total. The first kappa shape index (κ1) is 27.2. The predicted octanol–water partition coefficient (Wildman–Crippen LogP) is 6.37. The van der Waals surface area contributed by atoms with Gasteiger partial charge in [-0.3, -0.25) is 4.90 Å². The molecule has 35 heavy (non-hydrogen) atoms. The fraction of sp³-hybridized carbons (Fsp3) is 0.538. The number of rotatable bonds is 12. The van der Waals surface area contributed by atoms with E-state index in [1.54, 1.807) is 0 Å². The predicted molar refractivity (Wildman–Crippen MR) is 125 cm³/mol. The number of nitrogens with one attached hydrogen (secondary N) is 1. The molecule has 3 unspecified atom stereocenters. The topological polar surface area (TPSA) is 33.7 Å². The Bertz CT molecular complexity index is 897. The third kappa shape index (κ3) is 8.35. The van der Waals surface area contributed by atoms with Crippen LogP contribution in [0.1, 0.15) is 49.3 Å². The summed E-state index contributed by atoms with van der Waals surface area (Å²) in [4.78, 5) is 2.36. The number of alkyl halides is 5. The molecule has 0 amide bonds. The van der Waals surface area contributed by atoms with Crippen LogP contribution in [0.4, 0.5) is 22.0 Å². The van der Waals surface area contributed by atoms with Crippen LogP contribution in [0.5, 0.6) is 11.5 Å². The summed E-state index contributed by atoms with van der Waals surface area (Å²) in [6.07, 6.45) is -2.72. The van der Waals surface area contributed by atoms with E-state index in [0.29, 0.717) is 24.3 Å². The molecule has 2 aromatic rings. The smallest absolute Gasteiger partial charge is 0.496 e. The number of hydrogen-bond donors (Lipinski definition) is 1. The number of likely N-dealkylation sites (tertiary alicyclic amines) is 1. The van der Waals surface area contributed by atoms with Gasteiger partial charge in [0.2, 0.25) is 0 Å². The largest absolute Gasteiger partial charge is 0.573 e. The molecule has 2 aromatic carbocycles. The maximum atomic E-state index is 13.3. The van der Waals surface area contributed by atoms with Gasteiger partial charge < -0.3 is 14.8 Å². The summed E-state index contributed by atoms with van der Waals surface area (Å²) in [5.41, 5.74) is 1.70. The summed E-state index contributed by atoms with van der Waals surface area (Å²) in [7, 11) is 1.48. The van der Waals surface area contributed by atoms with Crippen LogP contribution in [0.15, 0.2) is 48.5 Å². The van der Waals surface area contributed by atoms with Crippen LogP contribution >= 0.6 is 0 Å². The van der Waals surface area contributed by atoms with E-state index in [-0.39, 0.29) is 24.3 Å². The molecule has 1 fully saturated rings. The molecule has 0 bridgehead atoms. The zero-order chi connectivity index (χ0) is 25.3. The maximum Gasteiger partial charge on any atom is 0.573 e. The maximum absolute atomic E-state index is 13.3. The molecule has 0 radical (unpaired) electrons. The van der Waals surface area contributed by atoms with E-state index in [4.69, 9.17) is 4.74 Å². The quantitative estimate of drug-likeness (QED) is 0.271. The minimum atomic E-state index is -4.77. The Labute approximate surface area is 203 Å².